The zero-order chi connectivity index (χ0) is 17.4. The molecule has 1 aliphatic heterocycles. The highest BCUT2D eigenvalue weighted by Gasteiger charge is 2.21. The van der Waals surface area contributed by atoms with Crippen molar-refractivity contribution in [3.63, 3.8) is 0 Å². The summed E-state index contributed by atoms with van der Waals surface area (Å²) in [5.41, 5.74) is 1.62. The summed E-state index contributed by atoms with van der Waals surface area (Å²) < 4.78 is 34.3. The van der Waals surface area contributed by atoms with Crippen LogP contribution in [0.3, 0.4) is 0 Å². The van der Waals surface area contributed by atoms with Gasteiger partial charge in [-0.1, -0.05) is 30.3 Å². The molecule has 1 N–H and O–H groups in total. The summed E-state index contributed by atoms with van der Waals surface area (Å²) in [7, 11) is -4.43. The Morgan fingerprint density at radius 2 is 1.68 bits per heavy atom. The van der Waals surface area contributed by atoms with Gasteiger partial charge in [-0.2, -0.15) is 8.42 Å². The van der Waals surface area contributed by atoms with Crippen LogP contribution in [0, 0.1) is 0 Å². The lowest BCUT2D eigenvalue weighted by Gasteiger charge is -2.10. The van der Waals surface area contributed by atoms with Crippen LogP contribution in [0.1, 0.15) is 0 Å². The average Bonchev–Trinajstić information content (AvgIpc) is 2.59. The van der Waals surface area contributed by atoms with Gasteiger partial charge in [0, 0.05) is 0 Å². The van der Waals surface area contributed by atoms with Gasteiger partial charge in [0.1, 0.15) is 10.6 Å². The Bertz CT molecular complexity index is 1220. The Balaban J connectivity index is 2.09. The summed E-state index contributed by atoms with van der Waals surface area (Å²) in [5, 5.41) is 0.444. The van der Waals surface area contributed by atoms with Crippen molar-refractivity contribution in [2.24, 2.45) is 4.99 Å². The molecule has 124 valence electrons. The second-order valence-electron chi connectivity index (χ2n) is 5.39. The molecule has 0 unspecified atom stereocenters. The van der Waals surface area contributed by atoms with E-state index in [-0.39, 0.29) is 10.6 Å². The Morgan fingerprint density at radius 1 is 0.960 bits per heavy atom. The summed E-state index contributed by atoms with van der Waals surface area (Å²) in [5.74, 6) is 0. The van der Waals surface area contributed by atoms with E-state index >= 15 is 0 Å². The number of hydrogen-bond acceptors (Lipinski definition) is 5. The Hall–Kier alpha value is -2.61. The molecule has 0 radical (unpaired) electrons. The van der Waals surface area contributed by atoms with Crippen LogP contribution < -0.4 is 5.36 Å². The molecular formula is C18H12N2O3S2. The summed E-state index contributed by atoms with van der Waals surface area (Å²) >= 11 is 1.41. The number of para-hydroxylation sites is 2. The number of nitrogens with zero attached hydrogens (tertiary/aromatic N) is 2. The molecule has 0 bridgehead atoms. The van der Waals surface area contributed by atoms with Crippen molar-refractivity contribution in [3.8, 4) is 10.6 Å². The average molecular weight is 368 g/mol. The van der Waals surface area contributed by atoms with Crippen LogP contribution in [0.15, 0.2) is 76.6 Å². The molecule has 1 aliphatic carbocycles. The molecule has 0 aromatic heterocycles. The minimum atomic E-state index is -4.43. The third-order valence-corrected chi connectivity index (χ3v) is 5.60. The topological polar surface area (TPSA) is 79.6 Å². The SMILES string of the molecule is O=S(=O)(O)c1cc(=Nc2ccccc2)cc2sc3ccccc3nc1-2. The maximum Gasteiger partial charge on any atom is 0.296 e. The van der Waals surface area contributed by atoms with Gasteiger partial charge in [-0.05, 0) is 36.4 Å². The second-order valence-corrected chi connectivity index (χ2v) is 7.87. The molecule has 0 fully saturated rings. The summed E-state index contributed by atoms with van der Waals surface area (Å²) in [6, 6.07) is 19.8. The van der Waals surface area contributed by atoms with Crippen molar-refractivity contribution in [2.75, 3.05) is 0 Å². The van der Waals surface area contributed by atoms with E-state index in [0.717, 1.165) is 4.70 Å². The maximum atomic E-state index is 11.9. The molecule has 0 amide bonds. The van der Waals surface area contributed by atoms with E-state index in [4.69, 9.17) is 0 Å². The summed E-state index contributed by atoms with van der Waals surface area (Å²) in [4.78, 5) is 9.28. The third kappa shape index (κ3) is 3.17. The minimum Gasteiger partial charge on any atom is -0.282 e. The lowest BCUT2D eigenvalue weighted by Crippen LogP contribution is -2.10. The van der Waals surface area contributed by atoms with E-state index in [2.05, 4.69) is 9.98 Å². The van der Waals surface area contributed by atoms with E-state index < -0.39 is 10.1 Å². The summed E-state index contributed by atoms with van der Waals surface area (Å²) in [6.45, 7) is 0. The standard InChI is InChI=1S/C18H12N2O3S2/c21-25(22,23)17-11-13(19-12-6-2-1-3-7-12)10-16-18(17)20-14-8-4-5-9-15(14)24-16/h1-11H,(H,21,22,23). The van der Waals surface area contributed by atoms with Crippen LogP contribution in [0.4, 0.5) is 5.69 Å². The third-order valence-electron chi connectivity index (χ3n) is 3.63. The molecule has 0 saturated carbocycles. The lowest BCUT2D eigenvalue weighted by molar-refractivity contribution is 0.483. The van der Waals surface area contributed by atoms with Crippen LogP contribution >= 0.6 is 11.3 Å². The molecule has 7 heteroatoms. The van der Waals surface area contributed by atoms with Crippen LogP contribution in [0.5, 0.6) is 0 Å². The number of benzene rings is 3. The fourth-order valence-corrected chi connectivity index (χ4v) is 4.31. The van der Waals surface area contributed by atoms with Gasteiger partial charge in [0.15, 0.2) is 0 Å². The molecule has 4 rings (SSSR count). The van der Waals surface area contributed by atoms with Gasteiger partial charge in [-0.25, -0.2) is 9.98 Å². The molecule has 2 aromatic carbocycles. The summed E-state index contributed by atoms with van der Waals surface area (Å²) in [6.07, 6.45) is 0. The van der Waals surface area contributed by atoms with Crippen LogP contribution in [-0.4, -0.2) is 18.0 Å². The van der Waals surface area contributed by atoms with E-state index in [1.165, 1.54) is 17.4 Å². The van der Waals surface area contributed by atoms with Crippen molar-refractivity contribution in [1.82, 2.24) is 4.98 Å². The van der Waals surface area contributed by atoms with Crippen LogP contribution in [-0.2, 0) is 10.1 Å². The molecule has 1 heterocycles. The Morgan fingerprint density at radius 3 is 2.44 bits per heavy atom. The van der Waals surface area contributed by atoms with Gasteiger partial charge >= 0.3 is 0 Å². The Labute approximate surface area is 148 Å². The number of rotatable bonds is 2. The van der Waals surface area contributed by atoms with Crippen LogP contribution in [0.2, 0.25) is 0 Å². The first-order valence-electron chi connectivity index (χ1n) is 7.42. The van der Waals surface area contributed by atoms with Gasteiger partial charge < -0.3 is 0 Å². The number of aromatic nitrogens is 1. The van der Waals surface area contributed by atoms with E-state index in [1.54, 1.807) is 12.1 Å². The van der Waals surface area contributed by atoms with Crippen molar-refractivity contribution >= 4 is 37.4 Å². The van der Waals surface area contributed by atoms with E-state index in [1.807, 2.05) is 48.5 Å². The van der Waals surface area contributed by atoms with Gasteiger partial charge in [-0.15, -0.1) is 11.3 Å². The normalized spacial score (nSPS) is 12.8. The van der Waals surface area contributed by atoms with Gasteiger partial charge in [0.2, 0.25) is 0 Å². The van der Waals surface area contributed by atoms with Crippen molar-refractivity contribution in [1.29, 1.82) is 0 Å². The van der Waals surface area contributed by atoms with Gasteiger partial charge in [0.05, 0.1) is 26.1 Å². The largest absolute Gasteiger partial charge is 0.296 e. The monoisotopic (exact) mass is 368 g/mol. The first-order valence-corrected chi connectivity index (χ1v) is 9.67. The predicted molar refractivity (Wildman–Crippen MR) is 97.7 cm³/mol. The maximum absolute atomic E-state index is 11.9. The minimum absolute atomic E-state index is 0.235. The van der Waals surface area contributed by atoms with Gasteiger partial charge in [-0.3, -0.25) is 4.55 Å². The van der Waals surface area contributed by atoms with E-state index in [0.29, 0.717) is 21.4 Å². The van der Waals surface area contributed by atoms with Crippen LogP contribution in [0.25, 0.3) is 20.8 Å². The fourth-order valence-electron chi connectivity index (χ4n) is 2.54. The highest BCUT2D eigenvalue weighted by Crippen LogP contribution is 2.33. The van der Waals surface area contributed by atoms with Crippen molar-refractivity contribution in [2.45, 2.75) is 4.90 Å². The molecule has 2 aliphatic rings. The molecule has 0 saturated heterocycles. The zero-order valence-electron chi connectivity index (χ0n) is 12.8. The number of fused-ring (bicyclic) bond motifs is 2. The second kappa shape index (κ2) is 6.03. The first kappa shape index (κ1) is 15.9. The Kier molecular flexibility index (Phi) is 3.84. The van der Waals surface area contributed by atoms with Crippen molar-refractivity contribution < 1.29 is 13.0 Å². The van der Waals surface area contributed by atoms with Gasteiger partial charge in [0.25, 0.3) is 10.1 Å². The fraction of sp³-hybridized carbons (Fsp3) is 0. The first-order chi connectivity index (χ1) is 12.0. The lowest BCUT2D eigenvalue weighted by atomic mass is 10.2. The quantitative estimate of drug-likeness (QED) is 0.430. The predicted octanol–water partition coefficient (Wildman–Crippen LogP) is 3.88. The highest BCUT2D eigenvalue weighted by molar-refractivity contribution is 7.86. The molecule has 0 spiro atoms. The molecule has 25 heavy (non-hydrogen) atoms. The number of hydrogen-bond donors (Lipinski definition) is 1. The molecular weight excluding hydrogens is 356 g/mol. The smallest absolute Gasteiger partial charge is 0.282 e. The van der Waals surface area contributed by atoms with E-state index in [9.17, 15) is 13.0 Å². The van der Waals surface area contributed by atoms with Crippen molar-refractivity contribution in [3.05, 3.63) is 72.1 Å². The highest BCUT2D eigenvalue weighted by atomic mass is 32.2. The molecule has 5 nitrogen and oxygen atoms in total. The molecule has 0 atom stereocenters. The molecule has 2 aromatic rings. The zero-order valence-corrected chi connectivity index (χ0v) is 14.5.